The SMILES string of the molecule is Cn1cnc(NC(C)(C)C)n1. The summed E-state index contributed by atoms with van der Waals surface area (Å²) in [6, 6.07) is 0. The Hall–Kier alpha value is -1.06. The van der Waals surface area contributed by atoms with E-state index in [-0.39, 0.29) is 5.54 Å². The van der Waals surface area contributed by atoms with Crippen LogP contribution in [0.1, 0.15) is 20.8 Å². The maximum Gasteiger partial charge on any atom is 0.242 e. The van der Waals surface area contributed by atoms with Crippen LogP contribution in [-0.2, 0) is 7.05 Å². The van der Waals surface area contributed by atoms with Gasteiger partial charge in [0.15, 0.2) is 0 Å². The molecule has 0 fully saturated rings. The van der Waals surface area contributed by atoms with Gasteiger partial charge in [0.1, 0.15) is 6.33 Å². The van der Waals surface area contributed by atoms with E-state index < -0.39 is 0 Å². The molecule has 0 saturated carbocycles. The Morgan fingerprint density at radius 2 is 2.09 bits per heavy atom. The van der Waals surface area contributed by atoms with E-state index in [1.807, 2.05) is 7.05 Å². The normalized spacial score (nSPS) is 11.6. The highest BCUT2D eigenvalue weighted by atomic mass is 15.4. The first-order valence-corrected chi connectivity index (χ1v) is 3.61. The monoisotopic (exact) mass is 154 g/mol. The first kappa shape index (κ1) is 8.04. The summed E-state index contributed by atoms with van der Waals surface area (Å²) < 4.78 is 1.67. The van der Waals surface area contributed by atoms with Crippen LogP contribution >= 0.6 is 0 Å². The van der Waals surface area contributed by atoms with Gasteiger partial charge in [-0.15, -0.1) is 5.10 Å². The van der Waals surface area contributed by atoms with E-state index in [1.54, 1.807) is 11.0 Å². The zero-order valence-electron chi connectivity index (χ0n) is 7.42. The standard InChI is InChI=1S/C7H14N4/c1-7(2,3)9-6-8-5-11(4)10-6/h5H,1-4H3,(H,9,10). The van der Waals surface area contributed by atoms with Gasteiger partial charge in [0, 0.05) is 12.6 Å². The van der Waals surface area contributed by atoms with Gasteiger partial charge < -0.3 is 5.32 Å². The van der Waals surface area contributed by atoms with Crippen LogP contribution in [-0.4, -0.2) is 20.3 Å². The van der Waals surface area contributed by atoms with Crippen molar-refractivity contribution in [3.63, 3.8) is 0 Å². The van der Waals surface area contributed by atoms with Crippen molar-refractivity contribution in [1.82, 2.24) is 14.8 Å². The number of nitrogens with zero attached hydrogens (tertiary/aromatic N) is 3. The molecule has 1 heterocycles. The lowest BCUT2D eigenvalue weighted by atomic mass is 10.1. The molecule has 0 saturated heterocycles. The Morgan fingerprint density at radius 1 is 1.45 bits per heavy atom. The lowest BCUT2D eigenvalue weighted by molar-refractivity contribution is 0.623. The number of nitrogens with one attached hydrogen (secondary N) is 1. The van der Waals surface area contributed by atoms with Gasteiger partial charge in [-0.2, -0.15) is 0 Å². The number of aryl methyl sites for hydroxylation is 1. The fourth-order valence-electron chi connectivity index (χ4n) is 0.732. The largest absolute Gasteiger partial charge is 0.348 e. The number of rotatable bonds is 1. The van der Waals surface area contributed by atoms with Crippen LogP contribution < -0.4 is 5.32 Å². The third kappa shape index (κ3) is 2.57. The molecule has 62 valence electrons. The molecule has 4 heteroatoms. The molecule has 0 spiro atoms. The summed E-state index contributed by atoms with van der Waals surface area (Å²) in [7, 11) is 1.85. The molecule has 0 bridgehead atoms. The second kappa shape index (κ2) is 2.53. The maximum atomic E-state index is 4.09. The van der Waals surface area contributed by atoms with Gasteiger partial charge in [-0.25, -0.2) is 4.98 Å². The minimum absolute atomic E-state index is 0.0291. The van der Waals surface area contributed by atoms with Gasteiger partial charge >= 0.3 is 0 Å². The van der Waals surface area contributed by atoms with Crippen molar-refractivity contribution in [3.05, 3.63) is 6.33 Å². The predicted molar refractivity (Wildman–Crippen MR) is 44.4 cm³/mol. The van der Waals surface area contributed by atoms with Crippen LogP contribution in [0.4, 0.5) is 5.95 Å². The molecule has 0 aromatic carbocycles. The lowest BCUT2D eigenvalue weighted by Gasteiger charge is -2.18. The van der Waals surface area contributed by atoms with Gasteiger partial charge in [-0.05, 0) is 20.8 Å². The molecular formula is C7H14N4. The van der Waals surface area contributed by atoms with Crippen LogP contribution in [0.3, 0.4) is 0 Å². The molecule has 4 nitrogen and oxygen atoms in total. The van der Waals surface area contributed by atoms with Crippen molar-refractivity contribution in [1.29, 1.82) is 0 Å². The summed E-state index contributed by atoms with van der Waals surface area (Å²) in [5, 5.41) is 7.25. The Bertz CT molecular complexity index is 233. The molecule has 0 unspecified atom stereocenters. The smallest absolute Gasteiger partial charge is 0.242 e. The van der Waals surface area contributed by atoms with Gasteiger partial charge in [0.05, 0.1) is 0 Å². The quantitative estimate of drug-likeness (QED) is 0.656. The fraction of sp³-hybridized carbons (Fsp3) is 0.714. The highest BCUT2D eigenvalue weighted by Crippen LogP contribution is 2.07. The Labute approximate surface area is 66.6 Å². The average Bonchev–Trinajstić information content (AvgIpc) is 2.10. The summed E-state index contributed by atoms with van der Waals surface area (Å²) in [4.78, 5) is 4.04. The summed E-state index contributed by atoms with van der Waals surface area (Å²) in [6.45, 7) is 6.22. The van der Waals surface area contributed by atoms with E-state index >= 15 is 0 Å². The number of anilines is 1. The lowest BCUT2D eigenvalue weighted by Crippen LogP contribution is -2.26. The summed E-state index contributed by atoms with van der Waals surface area (Å²) in [6.07, 6.45) is 1.67. The van der Waals surface area contributed by atoms with Crippen LogP contribution in [0.15, 0.2) is 6.33 Å². The maximum absolute atomic E-state index is 4.09. The highest BCUT2D eigenvalue weighted by molar-refractivity contribution is 5.24. The molecule has 0 aliphatic rings. The van der Waals surface area contributed by atoms with E-state index in [0.29, 0.717) is 5.95 Å². The Balaban J connectivity index is 2.65. The minimum atomic E-state index is 0.0291. The molecule has 1 aromatic heterocycles. The van der Waals surface area contributed by atoms with E-state index in [1.165, 1.54) is 0 Å². The summed E-state index contributed by atoms with van der Waals surface area (Å²) in [5.74, 6) is 0.681. The molecule has 0 aliphatic carbocycles. The molecular weight excluding hydrogens is 140 g/mol. The first-order chi connectivity index (χ1) is 4.97. The third-order valence-corrected chi connectivity index (χ3v) is 1.09. The highest BCUT2D eigenvalue weighted by Gasteiger charge is 2.10. The second-order valence-corrected chi connectivity index (χ2v) is 3.62. The van der Waals surface area contributed by atoms with Crippen LogP contribution in [0.2, 0.25) is 0 Å². The Kier molecular flexibility index (Phi) is 1.85. The van der Waals surface area contributed by atoms with Crippen molar-refractivity contribution < 1.29 is 0 Å². The fourth-order valence-corrected chi connectivity index (χ4v) is 0.732. The van der Waals surface area contributed by atoms with Gasteiger partial charge in [-0.1, -0.05) is 0 Å². The minimum Gasteiger partial charge on any atom is -0.348 e. The molecule has 11 heavy (non-hydrogen) atoms. The molecule has 0 atom stereocenters. The Morgan fingerprint density at radius 3 is 2.45 bits per heavy atom. The topological polar surface area (TPSA) is 42.7 Å². The third-order valence-electron chi connectivity index (χ3n) is 1.09. The first-order valence-electron chi connectivity index (χ1n) is 3.61. The van der Waals surface area contributed by atoms with Crippen molar-refractivity contribution in [2.45, 2.75) is 26.3 Å². The van der Waals surface area contributed by atoms with Crippen molar-refractivity contribution >= 4 is 5.95 Å². The van der Waals surface area contributed by atoms with Crippen LogP contribution in [0.25, 0.3) is 0 Å². The average molecular weight is 154 g/mol. The molecule has 0 radical (unpaired) electrons. The van der Waals surface area contributed by atoms with Crippen LogP contribution in [0.5, 0.6) is 0 Å². The van der Waals surface area contributed by atoms with Gasteiger partial charge in [0.2, 0.25) is 5.95 Å². The van der Waals surface area contributed by atoms with Gasteiger partial charge in [-0.3, -0.25) is 4.68 Å². The van der Waals surface area contributed by atoms with E-state index in [0.717, 1.165) is 0 Å². The zero-order valence-corrected chi connectivity index (χ0v) is 7.42. The van der Waals surface area contributed by atoms with E-state index in [4.69, 9.17) is 0 Å². The number of aromatic nitrogens is 3. The van der Waals surface area contributed by atoms with Crippen molar-refractivity contribution in [3.8, 4) is 0 Å². The van der Waals surface area contributed by atoms with Crippen molar-refractivity contribution in [2.24, 2.45) is 7.05 Å². The molecule has 0 aliphatic heterocycles. The summed E-state index contributed by atoms with van der Waals surface area (Å²) >= 11 is 0. The predicted octanol–water partition coefficient (Wildman–Crippen LogP) is 1.03. The molecule has 1 N–H and O–H groups in total. The van der Waals surface area contributed by atoms with E-state index in [9.17, 15) is 0 Å². The molecule has 1 rings (SSSR count). The molecule has 1 aromatic rings. The second-order valence-electron chi connectivity index (χ2n) is 3.62. The van der Waals surface area contributed by atoms with Crippen LogP contribution in [0, 0.1) is 0 Å². The zero-order chi connectivity index (χ0) is 8.48. The molecule has 0 amide bonds. The summed E-state index contributed by atoms with van der Waals surface area (Å²) in [5.41, 5.74) is 0.0291. The number of hydrogen-bond donors (Lipinski definition) is 1. The van der Waals surface area contributed by atoms with E-state index in [2.05, 4.69) is 36.2 Å². The van der Waals surface area contributed by atoms with Gasteiger partial charge in [0.25, 0.3) is 0 Å². The van der Waals surface area contributed by atoms with Crippen molar-refractivity contribution in [2.75, 3.05) is 5.32 Å². The number of hydrogen-bond acceptors (Lipinski definition) is 3.